The highest BCUT2D eigenvalue weighted by Crippen LogP contribution is 2.35. The Labute approximate surface area is 86.7 Å². The molecule has 1 aliphatic carbocycles. The Bertz CT molecular complexity index is 200. The minimum Gasteiger partial charge on any atom is -0.300 e. The van der Waals surface area contributed by atoms with Crippen LogP contribution < -0.4 is 0 Å². The molecular weight excluding hydrogens is 177 g/mol. The van der Waals surface area contributed by atoms with Crippen LogP contribution in [-0.2, 0) is 0 Å². The maximum absolute atomic E-state index is 14.4. The van der Waals surface area contributed by atoms with E-state index < -0.39 is 5.67 Å². The van der Waals surface area contributed by atoms with Crippen LogP contribution in [-0.4, -0.2) is 30.2 Å². The van der Waals surface area contributed by atoms with Crippen molar-refractivity contribution in [3.8, 4) is 0 Å². The second-order valence-electron chi connectivity index (χ2n) is 5.47. The van der Waals surface area contributed by atoms with Crippen molar-refractivity contribution in [2.24, 2.45) is 11.8 Å². The van der Waals surface area contributed by atoms with E-state index in [1.54, 1.807) is 0 Å². The van der Waals surface area contributed by atoms with Crippen LogP contribution in [0.15, 0.2) is 0 Å². The van der Waals surface area contributed by atoms with E-state index in [0.29, 0.717) is 6.54 Å². The first kappa shape index (κ1) is 10.4. The Morgan fingerprint density at radius 3 is 2.71 bits per heavy atom. The van der Waals surface area contributed by atoms with Gasteiger partial charge in [0.15, 0.2) is 0 Å². The maximum atomic E-state index is 14.4. The van der Waals surface area contributed by atoms with Crippen LogP contribution in [0.2, 0.25) is 0 Å². The first-order valence-corrected chi connectivity index (χ1v) is 6.01. The molecule has 0 N–H and O–H groups in total. The molecule has 1 saturated heterocycles. The fraction of sp³-hybridized carbons (Fsp3) is 1.00. The number of halogens is 1. The standard InChI is InChI=1S/C12H22FN/c1-10(2)12(13)6-3-7-14(9-12)8-11-4-5-11/h10-11H,3-9H2,1-2H3. The molecule has 2 rings (SSSR count). The molecule has 0 spiro atoms. The molecule has 0 bridgehead atoms. The Hall–Kier alpha value is -0.110. The van der Waals surface area contributed by atoms with Crippen molar-refractivity contribution in [1.82, 2.24) is 4.90 Å². The summed E-state index contributed by atoms with van der Waals surface area (Å²) in [5.41, 5.74) is -0.910. The van der Waals surface area contributed by atoms with Gasteiger partial charge in [-0.3, -0.25) is 4.90 Å². The van der Waals surface area contributed by atoms with Gasteiger partial charge in [-0.2, -0.15) is 0 Å². The zero-order valence-corrected chi connectivity index (χ0v) is 9.43. The summed E-state index contributed by atoms with van der Waals surface area (Å²) in [6.45, 7) is 6.98. The van der Waals surface area contributed by atoms with E-state index in [0.717, 1.165) is 31.8 Å². The van der Waals surface area contributed by atoms with E-state index >= 15 is 0 Å². The van der Waals surface area contributed by atoms with E-state index in [9.17, 15) is 4.39 Å². The van der Waals surface area contributed by atoms with Gasteiger partial charge in [0.05, 0.1) is 0 Å². The highest BCUT2D eigenvalue weighted by atomic mass is 19.1. The zero-order valence-electron chi connectivity index (χ0n) is 9.43. The summed E-state index contributed by atoms with van der Waals surface area (Å²) in [6.07, 6.45) is 4.56. The van der Waals surface area contributed by atoms with E-state index in [1.165, 1.54) is 12.8 Å². The largest absolute Gasteiger partial charge is 0.300 e. The van der Waals surface area contributed by atoms with Gasteiger partial charge in [0.2, 0.25) is 0 Å². The molecule has 14 heavy (non-hydrogen) atoms. The topological polar surface area (TPSA) is 3.24 Å². The van der Waals surface area contributed by atoms with Crippen molar-refractivity contribution in [2.45, 2.75) is 45.2 Å². The summed E-state index contributed by atoms with van der Waals surface area (Å²) in [7, 11) is 0. The summed E-state index contributed by atoms with van der Waals surface area (Å²) in [5, 5.41) is 0. The van der Waals surface area contributed by atoms with Crippen molar-refractivity contribution < 1.29 is 4.39 Å². The lowest BCUT2D eigenvalue weighted by Crippen LogP contribution is -2.48. The molecule has 0 aromatic heterocycles. The third-order valence-corrected chi connectivity index (χ3v) is 3.80. The molecule has 1 saturated carbocycles. The van der Waals surface area contributed by atoms with Gasteiger partial charge in [0.1, 0.15) is 5.67 Å². The van der Waals surface area contributed by atoms with E-state index in [2.05, 4.69) is 4.90 Å². The van der Waals surface area contributed by atoms with Crippen molar-refractivity contribution in [3.63, 3.8) is 0 Å². The number of likely N-dealkylation sites (tertiary alicyclic amines) is 1. The fourth-order valence-corrected chi connectivity index (χ4v) is 2.42. The number of hydrogen-bond acceptors (Lipinski definition) is 1. The van der Waals surface area contributed by atoms with Gasteiger partial charge in [-0.25, -0.2) is 4.39 Å². The molecule has 1 nitrogen and oxygen atoms in total. The van der Waals surface area contributed by atoms with Crippen LogP contribution in [0, 0.1) is 11.8 Å². The molecule has 1 aliphatic heterocycles. The highest BCUT2D eigenvalue weighted by Gasteiger charge is 2.39. The second-order valence-corrected chi connectivity index (χ2v) is 5.47. The van der Waals surface area contributed by atoms with Crippen LogP contribution in [0.1, 0.15) is 39.5 Å². The summed E-state index contributed by atoms with van der Waals surface area (Å²) >= 11 is 0. The first-order valence-electron chi connectivity index (χ1n) is 6.01. The lowest BCUT2D eigenvalue weighted by molar-refractivity contribution is 0.00651. The van der Waals surface area contributed by atoms with Crippen LogP contribution in [0.3, 0.4) is 0 Å². The maximum Gasteiger partial charge on any atom is 0.126 e. The Kier molecular flexibility index (Phi) is 2.83. The normalized spacial score (nSPS) is 35.1. The summed E-state index contributed by atoms with van der Waals surface area (Å²) in [4.78, 5) is 2.35. The summed E-state index contributed by atoms with van der Waals surface area (Å²) in [5.74, 6) is 1.06. The second kappa shape index (κ2) is 3.80. The average molecular weight is 199 g/mol. The molecule has 1 atom stereocenters. The van der Waals surface area contributed by atoms with Gasteiger partial charge in [0, 0.05) is 13.1 Å². The molecule has 0 aromatic rings. The molecule has 2 fully saturated rings. The van der Waals surface area contributed by atoms with Crippen LogP contribution >= 0.6 is 0 Å². The van der Waals surface area contributed by atoms with Crippen molar-refractivity contribution in [2.75, 3.05) is 19.6 Å². The Morgan fingerprint density at radius 2 is 2.14 bits per heavy atom. The van der Waals surface area contributed by atoms with Crippen molar-refractivity contribution >= 4 is 0 Å². The first-order chi connectivity index (χ1) is 6.60. The predicted octanol–water partition coefficient (Wildman–Crippen LogP) is 2.86. The Morgan fingerprint density at radius 1 is 1.43 bits per heavy atom. The monoisotopic (exact) mass is 199 g/mol. The lowest BCUT2D eigenvalue weighted by atomic mass is 9.84. The third kappa shape index (κ3) is 2.28. The van der Waals surface area contributed by atoms with E-state index in [4.69, 9.17) is 0 Å². The molecule has 2 aliphatic rings. The molecule has 82 valence electrons. The molecule has 0 amide bonds. The van der Waals surface area contributed by atoms with Crippen LogP contribution in [0.25, 0.3) is 0 Å². The molecule has 0 aromatic carbocycles. The fourth-order valence-electron chi connectivity index (χ4n) is 2.42. The molecule has 0 radical (unpaired) electrons. The van der Waals surface area contributed by atoms with Gasteiger partial charge in [-0.1, -0.05) is 13.8 Å². The minimum absolute atomic E-state index is 0.171. The summed E-state index contributed by atoms with van der Waals surface area (Å²) in [6, 6.07) is 0. The van der Waals surface area contributed by atoms with E-state index in [-0.39, 0.29) is 5.92 Å². The number of nitrogens with zero attached hydrogens (tertiary/aromatic N) is 1. The SMILES string of the molecule is CC(C)C1(F)CCCN(CC2CC2)C1. The number of rotatable bonds is 3. The Balaban J connectivity index is 1.88. The van der Waals surface area contributed by atoms with Gasteiger partial charge in [-0.15, -0.1) is 0 Å². The molecular formula is C12H22FN. The van der Waals surface area contributed by atoms with Crippen LogP contribution in [0.5, 0.6) is 0 Å². The lowest BCUT2D eigenvalue weighted by Gasteiger charge is -2.40. The van der Waals surface area contributed by atoms with Gasteiger partial charge >= 0.3 is 0 Å². The summed E-state index contributed by atoms with van der Waals surface area (Å²) < 4.78 is 14.4. The smallest absolute Gasteiger partial charge is 0.126 e. The number of piperidine rings is 1. The van der Waals surface area contributed by atoms with E-state index in [1.807, 2.05) is 13.8 Å². The van der Waals surface area contributed by atoms with Gasteiger partial charge in [-0.05, 0) is 44.1 Å². The molecule has 2 heteroatoms. The van der Waals surface area contributed by atoms with Crippen molar-refractivity contribution in [1.29, 1.82) is 0 Å². The van der Waals surface area contributed by atoms with Gasteiger partial charge < -0.3 is 0 Å². The number of hydrogen-bond donors (Lipinski definition) is 0. The third-order valence-electron chi connectivity index (χ3n) is 3.80. The predicted molar refractivity (Wildman–Crippen MR) is 57.1 cm³/mol. The highest BCUT2D eigenvalue weighted by molar-refractivity contribution is 4.91. The minimum atomic E-state index is -0.910. The molecule has 1 unspecified atom stereocenters. The number of alkyl halides is 1. The van der Waals surface area contributed by atoms with Crippen LogP contribution in [0.4, 0.5) is 4.39 Å². The zero-order chi connectivity index (χ0) is 10.2. The quantitative estimate of drug-likeness (QED) is 0.675. The van der Waals surface area contributed by atoms with Crippen molar-refractivity contribution in [3.05, 3.63) is 0 Å². The van der Waals surface area contributed by atoms with Gasteiger partial charge in [0.25, 0.3) is 0 Å². The molecule has 1 heterocycles. The average Bonchev–Trinajstić information content (AvgIpc) is 2.88.